The fourth-order valence-corrected chi connectivity index (χ4v) is 1.63. The third kappa shape index (κ3) is 1.85. The van der Waals surface area contributed by atoms with Crippen molar-refractivity contribution in [1.29, 1.82) is 0 Å². The van der Waals surface area contributed by atoms with Crippen molar-refractivity contribution in [2.24, 2.45) is 0 Å². The molecule has 0 unspecified atom stereocenters. The van der Waals surface area contributed by atoms with Gasteiger partial charge in [0.25, 0.3) is 0 Å². The first-order valence-electron chi connectivity index (χ1n) is 4.45. The Hall–Kier alpha value is -1.55. The predicted octanol–water partition coefficient (Wildman–Crippen LogP) is 1.35. The summed E-state index contributed by atoms with van der Waals surface area (Å²) in [5, 5.41) is 11.5. The number of ether oxygens (including phenoxy) is 1. The molecule has 74 valence electrons. The molecule has 1 atom stereocenters. The molecule has 1 aromatic carbocycles. The molecule has 2 rings (SSSR count). The van der Waals surface area contributed by atoms with E-state index in [2.05, 4.69) is 10.1 Å². The van der Waals surface area contributed by atoms with Gasteiger partial charge in [-0.15, -0.1) is 0 Å². The van der Waals surface area contributed by atoms with Crippen LogP contribution in [0.2, 0.25) is 0 Å². The maximum Gasteiger partial charge on any atom is 0.507 e. The van der Waals surface area contributed by atoms with Crippen molar-refractivity contribution in [3.8, 4) is 0 Å². The topological polar surface area (TPSA) is 58.6 Å². The lowest BCUT2D eigenvalue weighted by atomic mass is 10.0. The molecule has 1 aliphatic heterocycles. The zero-order valence-corrected chi connectivity index (χ0v) is 7.56. The Labute approximate surface area is 81.5 Å². The zero-order valence-electron chi connectivity index (χ0n) is 7.56. The van der Waals surface area contributed by atoms with Gasteiger partial charge in [0.2, 0.25) is 0 Å². The highest BCUT2D eigenvalue weighted by atomic mass is 16.7. The van der Waals surface area contributed by atoms with Crippen molar-refractivity contribution in [2.75, 3.05) is 0 Å². The molecule has 0 saturated heterocycles. The fraction of sp³-hybridized carbons (Fsp3) is 0.300. The van der Waals surface area contributed by atoms with Crippen LogP contribution < -0.4 is 5.32 Å². The van der Waals surface area contributed by atoms with E-state index < -0.39 is 12.4 Å². The second kappa shape index (κ2) is 3.67. The molecule has 0 amide bonds. The van der Waals surface area contributed by atoms with Crippen molar-refractivity contribution in [3.05, 3.63) is 35.4 Å². The van der Waals surface area contributed by atoms with Crippen LogP contribution in [0, 0.1) is 0 Å². The number of carbonyl (C=O) groups is 1. The van der Waals surface area contributed by atoms with E-state index in [1.54, 1.807) is 0 Å². The van der Waals surface area contributed by atoms with E-state index in [-0.39, 0.29) is 0 Å². The van der Waals surface area contributed by atoms with Crippen molar-refractivity contribution < 1.29 is 14.6 Å². The van der Waals surface area contributed by atoms with E-state index in [1.165, 1.54) is 5.56 Å². The van der Waals surface area contributed by atoms with E-state index in [0.717, 1.165) is 5.56 Å². The number of hydrogen-bond donors (Lipinski definition) is 2. The van der Waals surface area contributed by atoms with Gasteiger partial charge in [0.1, 0.15) is 0 Å². The lowest BCUT2D eigenvalue weighted by molar-refractivity contribution is 0.0331. The Morgan fingerprint density at radius 3 is 2.86 bits per heavy atom. The summed E-state index contributed by atoms with van der Waals surface area (Å²) in [6.45, 7) is 0.661. The van der Waals surface area contributed by atoms with Crippen molar-refractivity contribution in [1.82, 2.24) is 5.32 Å². The number of nitrogens with one attached hydrogen (secondary N) is 1. The minimum atomic E-state index is -1.23. The van der Waals surface area contributed by atoms with Crippen LogP contribution >= 0.6 is 0 Å². The smallest absolute Gasteiger partial charge is 0.450 e. The Morgan fingerprint density at radius 1 is 1.43 bits per heavy atom. The summed E-state index contributed by atoms with van der Waals surface area (Å²) in [6, 6.07) is 7.94. The molecule has 14 heavy (non-hydrogen) atoms. The van der Waals surface area contributed by atoms with Gasteiger partial charge >= 0.3 is 6.16 Å². The zero-order chi connectivity index (χ0) is 9.97. The van der Waals surface area contributed by atoms with Gasteiger partial charge in [-0.05, 0) is 11.1 Å². The van der Waals surface area contributed by atoms with Gasteiger partial charge in [-0.2, -0.15) is 0 Å². The Kier molecular flexibility index (Phi) is 2.37. The van der Waals surface area contributed by atoms with E-state index in [1.807, 2.05) is 24.3 Å². The first kappa shape index (κ1) is 9.02. The highest BCUT2D eigenvalue weighted by molar-refractivity contribution is 5.57. The first-order chi connectivity index (χ1) is 6.75. The summed E-state index contributed by atoms with van der Waals surface area (Å²) >= 11 is 0. The summed E-state index contributed by atoms with van der Waals surface area (Å²) in [5.41, 5.74) is 2.36. The number of fused-ring (bicyclic) bond motifs is 1. The van der Waals surface area contributed by atoms with Gasteiger partial charge in [0.15, 0.2) is 6.23 Å². The Bertz CT molecular complexity index is 351. The molecule has 0 saturated carbocycles. The second-order valence-corrected chi connectivity index (χ2v) is 3.23. The molecule has 1 aliphatic rings. The SMILES string of the molecule is O=C(O)O[C@H]1Cc2ccccc2CN1. The van der Waals surface area contributed by atoms with Gasteiger partial charge in [-0.25, -0.2) is 4.79 Å². The number of hydrogen-bond acceptors (Lipinski definition) is 3. The summed E-state index contributed by atoms with van der Waals surface area (Å²) in [4.78, 5) is 10.3. The van der Waals surface area contributed by atoms with Crippen LogP contribution in [0.15, 0.2) is 24.3 Å². The molecular formula is C10H11NO3. The largest absolute Gasteiger partial charge is 0.507 e. The van der Waals surface area contributed by atoms with E-state index >= 15 is 0 Å². The number of rotatable bonds is 1. The summed E-state index contributed by atoms with van der Waals surface area (Å²) < 4.78 is 4.65. The molecule has 0 spiro atoms. The van der Waals surface area contributed by atoms with Crippen LogP contribution in [0.5, 0.6) is 0 Å². The minimum absolute atomic E-state index is 0.414. The molecule has 4 nitrogen and oxygen atoms in total. The quantitative estimate of drug-likeness (QED) is 0.661. The lowest BCUT2D eigenvalue weighted by Crippen LogP contribution is -2.38. The van der Waals surface area contributed by atoms with E-state index in [0.29, 0.717) is 13.0 Å². The molecule has 0 aliphatic carbocycles. The third-order valence-electron chi connectivity index (χ3n) is 2.29. The summed E-state index contributed by atoms with van der Waals surface area (Å²) in [5.74, 6) is 0. The molecule has 0 radical (unpaired) electrons. The minimum Gasteiger partial charge on any atom is -0.450 e. The molecular weight excluding hydrogens is 182 g/mol. The fourth-order valence-electron chi connectivity index (χ4n) is 1.63. The maximum atomic E-state index is 10.3. The standard InChI is InChI=1S/C10H11NO3/c12-10(13)14-9-5-7-3-1-2-4-8(7)6-11-9/h1-4,9,11H,5-6H2,(H,12,13)/t9-/m0/s1. The molecule has 4 heteroatoms. The van der Waals surface area contributed by atoms with Crippen molar-refractivity contribution in [2.45, 2.75) is 19.2 Å². The van der Waals surface area contributed by atoms with Crippen LogP contribution in [0.4, 0.5) is 4.79 Å². The highest BCUT2D eigenvalue weighted by Crippen LogP contribution is 2.16. The van der Waals surface area contributed by atoms with Gasteiger partial charge < -0.3 is 9.84 Å². The summed E-state index contributed by atoms with van der Waals surface area (Å²) in [6.07, 6.45) is -1.05. The average molecular weight is 193 g/mol. The maximum absolute atomic E-state index is 10.3. The van der Waals surface area contributed by atoms with Crippen LogP contribution in [0.25, 0.3) is 0 Å². The number of benzene rings is 1. The lowest BCUT2D eigenvalue weighted by Gasteiger charge is -2.24. The van der Waals surface area contributed by atoms with Crippen molar-refractivity contribution >= 4 is 6.16 Å². The van der Waals surface area contributed by atoms with Crippen molar-refractivity contribution in [3.63, 3.8) is 0 Å². The molecule has 0 fully saturated rings. The van der Waals surface area contributed by atoms with E-state index in [4.69, 9.17) is 5.11 Å². The van der Waals surface area contributed by atoms with Crippen LogP contribution in [0.3, 0.4) is 0 Å². The van der Waals surface area contributed by atoms with E-state index in [9.17, 15) is 4.79 Å². The van der Waals surface area contributed by atoms with Gasteiger partial charge in [0, 0.05) is 13.0 Å². The van der Waals surface area contributed by atoms with Crippen LogP contribution in [-0.2, 0) is 17.7 Å². The second-order valence-electron chi connectivity index (χ2n) is 3.23. The normalized spacial score (nSPS) is 19.9. The Balaban J connectivity index is 2.09. The molecule has 2 N–H and O–H groups in total. The average Bonchev–Trinajstić information content (AvgIpc) is 2.17. The van der Waals surface area contributed by atoms with Crippen LogP contribution in [0.1, 0.15) is 11.1 Å². The monoisotopic (exact) mass is 193 g/mol. The molecule has 0 aromatic heterocycles. The highest BCUT2D eigenvalue weighted by Gasteiger charge is 2.19. The molecule has 1 heterocycles. The van der Waals surface area contributed by atoms with Crippen LogP contribution in [-0.4, -0.2) is 17.5 Å². The summed E-state index contributed by atoms with van der Waals surface area (Å²) in [7, 11) is 0. The third-order valence-corrected chi connectivity index (χ3v) is 2.29. The first-order valence-corrected chi connectivity index (χ1v) is 4.45. The molecule has 1 aromatic rings. The van der Waals surface area contributed by atoms with Gasteiger partial charge in [-0.3, -0.25) is 5.32 Å². The predicted molar refractivity (Wildman–Crippen MR) is 49.9 cm³/mol. The van der Waals surface area contributed by atoms with Gasteiger partial charge in [-0.1, -0.05) is 24.3 Å². The Morgan fingerprint density at radius 2 is 2.14 bits per heavy atom. The molecule has 0 bridgehead atoms. The number of carboxylic acid groups (broad SMARTS) is 1. The van der Waals surface area contributed by atoms with Gasteiger partial charge in [0.05, 0.1) is 0 Å².